The minimum absolute atomic E-state index is 0.148. The molecule has 0 radical (unpaired) electrons. The fraction of sp³-hybridized carbons (Fsp3) is 0.571. The topological polar surface area (TPSA) is 42.4 Å². The first-order valence-electron chi connectivity index (χ1n) is 6.58. The number of carbonyl (C=O) groups is 1. The van der Waals surface area contributed by atoms with Gasteiger partial charge in [0.1, 0.15) is 11.9 Å². The van der Waals surface area contributed by atoms with Gasteiger partial charge in [-0.1, -0.05) is 0 Å². The zero-order valence-corrected chi connectivity index (χ0v) is 10.6. The van der Waals surface area contributed by atoms with Crippen molar-refractivity contribution >= 4 is 5.91 Å². The molecule has 2 fully saturated rings. The summed E-state index contributed by atoms with van der Waals surface area (Å²) in [5.41, 5.74) is 0.952. The number of ether oxygens (including phenoxy) is 1. The van der Waals surface area contributed by atoms with Crippen molar-refractivity contribution in [1.29, 1.82) is 0 Å². The predicted molar refractivity (Wildman–Crippen MR) is 67.3 cm³/mol. The number of likely N-dealkylation sites (tertiary alicyclic amines) is 1. The molecule has 1 aromatic rings. The number of aryl methyl sites for hydroxylation is 1. The molecule has 1 saturated heterocycles. The molecule has 1 amide bonds. The number of carbonyl (C=O) groups excluding carboxylic acids is 1. The van der Waals surface area contributed by atoms with E-state index in [9.17, 15) is 4.79 Å². The quantitative estimate of drug-likeness (QED) is 0.813. The Balaban J connectivity index is 1.45. The number of aromatic nitrogens is 1. The molecule has 1 aliphatic carbocycles. The Bertz CT molecular complexity index is 451. The maximum Gasteiger partial charge on any atom is 0.223 e. The van der Waals surface area contributed by atoms with Gasteiger partial charge in [-0.2, -0.15) is 0 Å². The average Bonchev–Trinajstić information content (AvgIpc) is 3.06. The SMILES string of the molecule is Cc1cc(OC2CN(C(=O)CC3CC3)C2)ccn1. The maximum atomic E-state index is 11.8. The summed E-state index contributed by atoms with van der Waals surface area (Å²) >= 11 is 0. The minimum atomic E-state index is 0.148. The van der Waals surface area contributed by atoms with Crippen LogP contribution in [0.25, 0.3) is 0 Å². The second-order valence-corrected chi connectivity index (χ2v) is 5.32. The molecule has 0 unspecified atom stereocenters. The van der Waals surface area contributed by atoms with Crippen molar-refractivity contribution in [2.45, 2.75) is 32.3 Å². The minimum Gasteiger partial charge on any atom is -0.487 e. The number of hydrogen-bond donors (Lipinski definition) is 0. The lowest BCUT2D eigenvalue weighted by Crippen LogP contribution is -2.56. The van der Waals surface area contributed by atoms with E-state index in [2.05, 4.69) is 4.98 Å². The van der Waals surface area contributed by atoms with E-state index in [1.165, 1.54) is 12.8 Å². The molecule has 0 bridgehead atoms. The van der Waals surface area contributed by atoms with Crippen LogP contribution < -0.4 is 4.74 Å². The van der Waals surface area contributed by atoms with Crippen molar-refractivity contribution in [3.8, 4) is 5.75 Å². The summed E-state index contributed by atoms with van der Waals surface area (Å²) in [7, 11) is 0. The van der Waals surface area contributed by atoms with E-state index >= 15 is 0 Å². The standard InChI is InChI=1S/C14H18N2O2/c1-10-6-12(4-5-15-10)18-13-8-16(9-13)14(17)7-11-2-3-11/h4-6,11,13H,2-3,7-9H2,1H3. The van der Waals surface area contributed by atoms with Crippen LogP contribution in [-0.4, -0.2) is 35.0 Å². The Kier molecular flexibility index (Phi) is 2.94. The van der Waals surface area contributed by atoms with Crippen molar-refractivity contribution in [3.63, 3.8) is 0 Å². The van der Waals surface area contributed by atoms with Gasteiger partial charge in [0.15, 0.2) is 0 Å². The molecule has 1 saturated carbocycles. The third-order valence-corrected chi connectivity index (χ3v) is 3.53. The Hall–Kier alpha value is -1.58. The predicted octanol–water partition coefficient (Wildman–Crippen LogP) is 1.78. The molecule has 3 rings (SSSR count). The van der Waals surface area contributed by atoms with Gasteiger partial charge in [-0.25, -0.2) is 0 Å². The molecular weight excluding hydrogens is 228 g/mol. The lowest BCUT2D eigenvalue weighted by Gasteiger charge is -2.39. The Morgan fingerprint density at radius 1 is 1.50 bits per heavy atom. The molecule has 2 aliphatic rings. The summed E-state index contributed by atoms with van der Waals surface area (Å²) in [5, 5.41) is 0. The molecule has 1 aromatic heterocycles. The first kappa shape index (κ1) is 11.5. The molecule has 0 N–H and O–H groups in total. The Labute approximate surface area is 107 Å². The van der Waals surface area contributed by atoms with E-state index in [1.54, 1.807) is 6.20 Å². The maximum absolute atomic E-state index is 11.8. The van der Waals surface area contributed by atoms with Crippen LogP contribution in [0.5, 0.6) is 5.75 Å². The summed E-state index contributed by atoms with van der Waals surface area (Å²) < 4.78 is 5.80. The monoisotopic (exact) mass is 246 g/mol. The fourth-order valence-corrected chi connectivity index (χ4v) is 2.20. The first-order chi connectivity index (χ1) is 8.70. The van der Waals surface area contributed by atoms with Crippen LogP contribution in [0, 0.1) is 12.8 Å². The highest BCUT2D eigenvalue weighted by Gasteiger charge is 2.35. The van der Waals surface area contributed by atoms with Gasteiger partial charge in [0.2, 0.25) is 5.91 Å². The molecule has 1 aliphatic heterocycles. The molecule has 18 heavy (non-hydrogen) atoms. The van der Waals surface area contributed by atoms with Gasteiger partial charge >= 0.3 is 0 Å². The van der Waals surface area contributed by atoms with Gasteiger partial charge in [-0.05, 0) is 31.7 Å². The van der Waals surface area contributed by atoms with Crippen LogP contribution >= 0.6 is 0 Å². The van der Waals surface area contributed by atoms with Gasteiger partial charge in [-0.3, -0.25) is 9.78 Å². The molecule has 96 valence electrons. The zero-order valence-electron chi connectivity index (χ0n) is 10.6. The van der Waals surface area contributed by atoms with Gasteiger partial charge in [0.05, 0.1) is 13.1 Å². The van der Waals surface area contributed by atoms with Crippen molar-refractivity contribution < 1.29 is 9.53 Å². The van der Waals surface area contributed by atoms with E-state index in [1.807, 2.05) is 24.0 Å². The lowest BCUT2D eigenvalue weighted by molar-refractivity contribution is -0.140. The van der Waals surface area contributed by atoms with Crippen molar-refractivity contribution in [3.05, 3.63) is 24.0 Å². The smallest absolute Gasteiger partial charge is 0.223 e. The summed E-state index contributed by atoms with van der Waals surface area (Å²) in [6, 6.07) is 3.79. The van der Waals surface area contributed by atoms with Gasteiger partial charge in [0, 0.05) is 24.4 Å². The third-order valence-electron chi connectivity index (χ3n) is 3.53. The number of nitrogens with zero attached hydrogens (tertiary/aromatic N) is 2. The summed E-state index contributed by atoms with van der Waals surface area (Å²) in [4.78, 5) is 17.8. The number of amides is 1. The van der Waals surface area contributed by atoms with Crippen LogP contribution in [0.3, 0.4) is 0 Å². The number of rotatable bonds is 4. The molecule has 2 heterocycles. The van der Waals surface area contributed by atoms with Crippen LogP contribution in [0.15, 0.2) is 18.3 Å². The zero-order chi connectivity index (χ0) is 12.5. The summed E-state index contributed by atoms with van der Waals surface area (Å²) in [6.07, 6.45) is 5.10. The van der Waals surface area contributed by atoms with E-state index in [0.717, 1.165) is 31.0 Å². The van der Waals surface area contributed by atoms with Gasteiger partial charge in [0.25, 0.3) is 0 Å². The van der Waals surface area contributed by atoms with Crippen molar-refractivity contribution in [1.82, 2.24) is 9.88 Å². The van der Waals surface area contributed by atoms with E-state index in [-0.39, 0.29) is 6.10 Å². The summed E-state index contributed by atoms with van der Waals surface area (Å²) in [6.45, 7) is 3.40. The molecule has 0 aromatic carbocycles. The highest BCUT2D eigenvalue weighted by molar-refractivity contribution is 5.77. The second kappa shape index (κ2) is 4.59. The largest absolute Gasteiger partial charge is 0.487 e. The van der Waals surface area contributed by atoms with Crippen LogP contribution in [0.2, 0.25) is 0 Å². The summed E-state index contributed by atoms with van der Waals surface area (Å²) in [5.74, 6) is 1.81. The van der Waals surface area contributed by atoms with Crippen LogP contribution in [0.1, 0.15) is 25.0 Å². The Morgan fingerprint density at radius 2 is 2.28 bits per heavy atom. The number of pyridine rings is 1. The highest BCUT2D eigenvalue weighted by atomic mass is 16.5. The average molecular weight is 246 g/mol. The molecule has 0 atom stereocenters. The molecular formula is C14H18N2O2. The molecule has 4 nitrogen and oxygen atoms in total. The van der Waals surface area contributed by atoms with E-state index < -0.39 is 0 Å². The van der Waals surface area contributed by atoms with Crippen LogP contribution in [0.4, 0.5) is 0 Å². The lowest BCUT2D eigenvalue weighted by atomic mass is 10.1. The van der Waals surface area contributed by atoms with Gasteiger partial charge < -0.3 is 9.64 Å². The van der Waals surface area contributed by atoms with Crippen molar-refractivity contribution in [2.24, 2.45) is 5.92 Å². The molecule has 4 heteroatoms. The fourth-order valence-electron chi connectivity index (χ4n) is 2.20. The van der Waals surface area contributed by atoms with E-state index in [4.69, 9.17) is 4.74 Å². The van der Waals surface area contributed by atoms with Crippen molar-refractivity contribution in [2.75, 3.05) is 13.1 Å². The van der Waals surface area contributed by atoms with Gasteiger partial charge in [-0.15, -0.1) is 0 Å². The first-order valence-corrected chi connectivity index (χ1v) is 6.58. The Morgan fingerprint density at radius 3 is 2.94 bits per heavy atom. The third kappa shape index (κ3) is 2.63. The normalized spacial score (nSPS) is 19.5. The second-order valence-electron chi connectivity index (χ2n) is 5.32. The molecule has 0 spiro atoms. The van der Waals surface area contributed by atoms with E-state index in [0.29, 0.717) is 11.8 Å². The van der Waals surface area contributed by atoms with Crippen LogP contribution in [-0.2, 0) is 4.79 Å². The highest BCUT2D eigenvalue weighted by Crippen LogP contribution is 2.33. The number of hydrogen-bond acceptors (Lipinski definition) is 3.